The molecular weight excluding hydrogens is 613 g/mol. The van der Waals surface area contributed by atoms with Gasteiger partial charge in [0.25, 0.3) is 0 Å². The van der Waals surface area contributed by atoms with Crippen LogP contribution in [0.5, 0.6) is 0 Å². The van der Waals surface area contributed by atoms with Crippen LogP contribution in [-0.4, -0.2) is 55.0 Å². The minimum absolute atomic E-state index is 0.152. The second-order valence-corrected chi connectivity index (χ2v) is 15.0. The van der Waals surface area contributed by atoms with Gasteiger partial charge in [0.05, 0.1) is 13.2 Å². The van der Waals surface area contributed by atoms with Gasteiger partial charge in [0.2, 0.25) is 0 Å². The van der Waals surface area contributed by atoms with Crippen LogP contribution in [0, 0.1) is 0 Å². The van der Waals surface area contributed by atoms with E-state index >= 15 is 0 Å². The summed E-state index contributed by atoms with van der Waals surface area (Å²) < 4.78 is 29.9. The largest absolute Gasteiger partial charge is 0.463 e. The van der Waals surface area contributed by atoms with Gasteiger partial charge in [-0.2, -0.15) is 0 Å². The normalized spacial score (nSPS) is 21.0. The van der Waals surface area contributed by atoms with E-state index in [9.17, 15) is 14.4 Å². The van der Waals surface area contributed by atoms with Gasteiger partial charge in [-0.3, -0.25) is 19.1 Å². The highest BCUT2D eigenvalue weighted by Gasteiger charge is 2.51. The Hall–Kier alpha value is -3.74. The zero-order chi connectivity index (χ0) is 33.6. The maximum atomic E-state index is 12.8. The van der Waals surface area contributed by atoms with Gasteiger partial charge in [-0.1, -0.05) is 136 Å². The van der Waals surface area contributed by atoms with Crippen molar-refractivity contribution < 1.29 is 33.3 Å². The zero-order valence-electron chi connectivity index (χ0n) is 28.0. The Balaban J connectivity index is 1.97. The number of hydrogen-bond donors (Lipinski definition) is 0. The van der Waals surface area contributed by atoms with Crippen LogP contribution < -0.4 is 15.9 Å². The summed E-state index contributed by atoms with van der Waals surface area (Å²) in [6.45, 7) is 6.01. The molecule has 4 rings (SSSR count). The minimum Gasteiger partial charge on any atom is -0.463 e. The Kier molecular flexibility index (Phi) is 13.8. The van der Waals surface area contributed by atoms with Crippen molar-refractivity contribution >= 4 is 40.9 Å². The first-order valence-corrected chi connectivity index (χ1v) is 18.4. The van der Waals surface area contributed by atoms with Crippen molar-refractivity contribution in [3.05, 3.63) is 91.0 Å². The maximum Gasteiger partial charge on any atom is 0.303 e. The molecule has 0 amide bonds. The lowest BCUT2D eigenvalue weighted by atomic mass is 9.90. The van der Waals surface area contributed by atoms with Gasteiger partial charge < -0.3 is 18.9 Å². The Morgan fingerprint density at radius 2 is 1.11 bits per heavy atom. The Bertz CT molecular complexity index is 1380. The molecule has 47 heavy (non-hydrogen) atoms. The minimum atomic E-state index is -2.78. The number of nitrogens with zero attached hydrogens (tertiary/aromatic N) is 1. The highest BCUT2D eigenvalue weighted by Crippen LogP contribution is 2.49. The van der Waals surface area contributed by atoms with Gasteiger partial charge in [-0.05, 0) is 6.42 Å². The zero-order valence-corrected chi connectivity index (χ0v) is 28.9. The molecule has 1 saturated heterocycles. The van der Waals surface area contributed by atoms with Crippen LogP contribution in [-0.2, 0) is 33.3 Å². The molecule has 1 heterocycles. The summed E-state index contributed by atoms with van der Waals surface area (Å²) in [5.74, 6) is -1.57. The molecule has 5 atom stereocenters. The lowest BCUT2D eigenvalue weighted by Gasteiger charge is -2.45. The standard InChI is InChI=1S/C38H48NO7P/c1-5-6-7-8-9-19-26-34-36(38(45-30(4)42)37(44-29(3)41)35(46-34)27-43-28(2)40)39-47(31-20-13-10-14-21-31,32-22-15-11-16-23-32)33-24-17-12-18-25-33/h10-18,20-25,34-38H,5-9,19,26-27H2,1-4H3/t34-,35+,36-,37-,38+/m0/s1. The molecule has 0 bridgehead atoms. The van der Waals surface area contributed by atoms with Crippen molar-refractivity contribution in [2.75, 3.05) is 6.61 Å². The van der Waals surface area contributed by atoms with E-state index in [0.29, 0.717) is 6.42 Å². The van der Waals surface area contributed by atoms with Crippen LogP contribution in [0.25, 0.3) is 0 Å². The lowest BCUT2D eigenvalue weighted by molar-refractivity contribution is -0.220. The molecule has 0 aromatic heterocycles. The summed E-state index contributed by atoms with van der Waals surface area (Å²) in [6.07, 6.45) is 3.78. The number of hydrogen-bond acceptors (Lipinski definition) is 8. The summed E-state index contributed by atoms with van der Waals surface area (Å²) >= 11 is 0. The molecule has 0 radical (unpaired) electrons. The van der Waals surface area contributed by atoms with E-state index in [1.54, 1.807) is 0 Å². The third-order valence-electron chi connectivity index (χ3n) is 8.35. The van der Waals surface area contributed by atoms with Crippen LogP contribution in [0.15, 0.2) is 95.7 Å². The first kappa shape index (κ1) is 36.1. The van der Waals surface area contributed by atoms with Gasteiger partial charge >= 0.3 is 17.9 Å². The predicted molar refractivity (Wildman–Crippen MR) is 186 cm³/mol. The van der Waals surface area contributed by atoms with Crippen LogP contribution in [0.4, 0.5) is 0 Å². The third kappa shape index (κ3) is 9.65. The molecule has 0 saturated carbocycles. The number of carbonyl (C=O) groups excluding carboxylic acids is 3. The fourth-order valence-corrected chi connectivity index (χ4v) is 10.1. The van der Waals surface area contributed by atoms with Crippen LogP contribution in [0.2, 0.25) is 0 Å². The van der Waals surface area contributed by atoms with E-state index in [4.69, 9.17) is 23.7 Å². The van der Waals surface area contributed by atoms with Crippen molar-refractivity contribution in [1.29, 1.82) is 0 Å². The monoisotopic (exact) mass is 661 g/mol. The fourth-order valence-electron chi connectivity index (χ4n) is 6.28. The summed E-state index contributed by atoms with van der Waals surface area (Å²) in [7, 11) is -2.78. The van der Waals surface area contributed by atoms with E-state index in [-0.39, 0.29) is 6.61 Å². The summed E-state index contributed by atoms with van der Waals surface area (Å²) in [6, 6.07) is 29.9. The first-order valence-electron chi connectivity index (χ1n) is 16.7. The van der Waals surface area contributed by atoms with Gasteiger partial charge in [-0.25, -0.2) is 0 Å². The molecule has 0 aliphatic carbocycles. The van der Waals surface area contributed by atoms with Crippen molar-refractivity contribution in [3.63, 3.8) is 0 Å². The van der Waals surface area contributed by atoms with Gasteiger partial charge in [-0.15, -0.1) is 0 Å². The summed E-state index contributed by atoms with van der Waals surface area (Å²) in [5, 5.41) is 3.09. The third-order valence-corrected chi connectivity index (χ3v) is 12.1. The van der Waals surface area contributed by atoms with E-state index in [1.165, 1.54) is 33.6 Å². The molecule has 1 aliphatic heterocycles. The molecule has 8 nitrogen and oxygen atoms in total. The van der Waals surface area contributed by atoms with E-state index in [0.717, 1.165) is 41.6 Å². The predicted octanol–water partition coefficient (Wildman–Crippen LogP) is 6.48. The Labute approximate surface area is 279 Å². The summed E-state index contributed by atoms with van der Waals surface area (Å²) in [4.78, 5) is 37.2. The highest BCUT2D eigenvalue weighted by atomic mass is 31.2. The molecule has 1 fully saturated rings. The van der Waals surface area contributed by atoms with Crippen molar-refractivity contribution in [2.45, 2.75) is 103 Å². The van der Waals surface area contributed by atoms with Crippen LogP contribution >= 0.6 is 7.05 Å². The second kappa shape index (κ2) is 18.0. The smallest absolute Gasteiger partial charge is 0.303 e. The average molecular weight is 662 g/mol. The molecule has 0 N–H and O–H groups in total. The number of ether oxygens (including phenoxy) is 4. The molecule has 3 aromatic carbocycles. The molecular formula is C38H48NO7P. The summed E-state index contributed by atoms with van der Waals surface area (Å²) in [5.41, 5.74) is 0. The SMILES string of the molecule is CCCCCCCC[C@@H]1O[C@H](COC(C)=O)[C@H](OC(C)=O)[C@H](OC(C)=O)[C@H]1N=P(c1ccccc1)(c1ccccc1)c1ccccc1. The van der Waals surface area contributed by atoms with Crippen molar-refractivity contribution in [1.82, 2.24) is 0 Å². The van der Waals surface area contributed by atoms with Crippen LogP contribution in [0.1, 0.15) is 72.6 Å². The molecule has 1 aliphatic rings. The molecule has 0 spiro atoms. The van der Waals surface area contributed by atoms with Crippen molar-refractivity contribution in [2.24, 2.45) is 4.74 Å². The topological polar surface area (TPSA) is 100 Å². The van der Waals surface area contributed by atoms with Gasteiger partial charge in [0.1, 0.15) is 18.8 Å². The number of rotatable bonds is 15. The number of benzene rings is 3. The van der Waals surface area contributed by atoms with Crippen LogP contribution in [0.3, 0.4) is 0 Å². The van der Waals surface area contributed by atoms with E-state index < -0.39 is 55.4 Å². The molecule has 3 aromatic rings. The Morgan fingerprint density at radius 1 is 0.638 bits per heavy atom. The fraction of sp³-hybridized carbons (Fsp3) is 0.447. The highest BCUT2D eigenvalue weighted by molar-refractivity contribution is 7.87. The number of carbonyl (C=O) groups is 3. The first-order chi connectivity index (χ1) is 22.8. The number of esters is 3. The van der Waals surface area contributed by atoms with Crippen molar-refractivity contribution in [3.8, 4) is 0 Å². The molecule has 252 valence electrons. The second-order valence-electron chi connectivity index (χ2n) is 12.0. The lowest BCUT2D eigenvalue weighted by Crippen LogP contribution is -2.60. The maximum absolute atomic E-state index is 12.8. The molecule has 0 unspecified atom stereocenters. The Morgan fingerprint density at radius 3 is 1.57 bits per heavy atom. The molecule has 9 heteroatoms. The van der Waals surface area contributed by atoms with Gasteiger partial charge in [0, 0.05) is 36.7 Å². The quantitative estimate of drug-likeness (QED) is 0.0796. The van der Waals surface area contributed by atoms with E-state index in [1.807, 2.05) is 54.6 Å². The van der Waals surface area contributed by atoms with Gasteiger partial charge in [0.15, 0.2) is 12.2 Å². The number of unbranched alkanes of at least 4 members (excludes halogenated alkanes) is 5. The van der Waals surface area contributed by atoms with E-state index in [2.05, 4.69) is 43.3 Å². The average Bonchev–Trinajstić information content (AvgIpc) is 3.07.